The number of nitrogens with one attached hydrogen (secondary N) is 1. The standard InChI is InChI=1S/C17H32N2O2/c1-13(2)12-15-17(20)19(10-6-7-11-21-3)16(18-15)14-8-4-5-9-14/h13-16,18H,4-12H2,1-3H3. The van der Waals surface area contributed by atoms with Gasteiger partial charge >= 0.3 is 0 Å². The highest BCUT2D eigenvalue weighted by Gasteiger charge is 2.42. The summed E-state index contributed by atoms with van der Waals surface area (Å²) < 4.78 is 5.11. The fourth-order valence-electron chi connectivity index (χ4n) is 3.79. The molecule has 1 amide bonds. The van der Waals surface area contributed by atoms with Crippen LogP contribution in [0.3, 0.4) is 0 Å². The molecule has 122 valence electrons. The largest absolute Gasteiger partial charge is 0.385 e. The highest BCUT2D eigenvalue weighted by Crippen LogP contribution is 2.33. The van der Waals surface area contributed by atoms with E-state index in [0.29, 0.717) is 17.7 Å². The van der Waals surface area contributed by atoms with Crippen molar-refractivity contribution < 1.29 is 9.53 Å². The first-order chi connectivity index (χ1) is 10.1. The summed E-state index contributed by atoms with van der Waals surface area (Å²) >= 11 is 0. The lowest BCUT2D eigenvalue weighted by atomic mass is 10.0. The second-order valence-corrected chi connectivity index (χ2v) is 7.07. The number of nitrogens with zero attached hydrogens (tertiary/aromatic N) is 1. The Morgan fingerprint density at radius 3 is 2.62 bits per heavy atom. The van der Waals surface area contributed by atoms with E-state index in [4.69, 9.17) is 4.74 Å². The topological polar surface area (TPSA) is 41.6 Å². The lowest BCUT2D eigenvalue weighted by Gasteiger charge is -2.29. The molecule has 0 aromatic heterocycles. The SMILES string of the molecule is COCCCCN1C(=O)C(CC(C)C)NC1C1CCCC1. The van der Waals surface area contributed by atoms with E-state index in [1.165, 1.54) is 25.7 Å². The van der Waals surface area contributed by atoms with Crippen LogP contribution in [0.4, 0.5) is 0 Å². The summed E-state index contributed by atoms with van der Waals surface area (Å²) in [4.78, 5) is 14.8. The lowest BCUT2D eigenvalue weighted by molar-refractivity contribution is -0.131. The number of methoxy groups -OCH3 is 1. The molecular formula is C17H32N2O2. The van der Waals surface area contributed by atoms with Crippen molar-refractivity contribution in [2.45, 2.75) is 71.0 Å². The highest BCUT2D eigenvalue weighted by molar-refractivity contribution is 5.84. The van der Waals surface area contributed by atoms with Crippen LogP contribution >= 0.6 is 0 Å². The molecule has 1 heterocycles. The molecule has 1 aliphatic heterocycles. The molecule has 1 aliphatic carbocycles. The van der Waals surface area contributed by atoms with Gasteiger partial charge in [-0.25, -0.2) is 0 Å². The fraction of sp³-hybridized carbons (Fsp3) is 0.941. The Bertz CT molecular complexity index is 327. The van der Waals surface area contributed by atoms with Crippen molar-refractivity contribution in [2.24, 2.45) is 11.8 Å². The second kappa shape index (κ2) is 8.14. The first-order valence-electron chi connectivity index (χ1n) is 8.69. The van der Waals surface area contributed by atoms with E-state index in [2.05, 4.69) is 24.1 Å². The van der Waals surface area contributed by atoms with Crippen LogP contribution < -0.4 is 5.32 Å². The first kappa shape index (κ1) is 16.8. The zero-order valence-electron chi connectivity index (χ0n) is 13.9. The van der Waals surface area contributed by atoms with Gasteiger partial charge in [-0.15, -0.1) is 0 Å². The normalized spacial score (nSPS) is 27.2. The van der Waals surface area contributed by atoms with Gasteiger partial charge < -0.3 is 9.64 Å². The van der Waals surface area contributed by atoms with E-state index in [9.17, 15) is 4.79 Å². The summed E-state index contributed by atoms with van der Waals surface area (Å²) in [6.45, 7) is 6.06. The zero-order chi connectivity index (χ0) is 15.2. The maximum atomic E-state index is 12.7. The number of carbonyl (C=O) groups excluding carboxylic acids is 1. The molecule has 0 bridgehead atoms. The number of amides is 1. The molecule has 1 saturated carbocycles. The Hall–Kier alpha value is -0.610. The molecule has 0 aromatic carbocycles. The maximum absolute atomic E-state index is 12.7. The van der Waals surface area contributed by atoms with Gasteiger partial charge in [-0.2, -0.15) is 0 Å². The van der Waals surface area contributed by atoms with E-state index in [0.717, 1.165) is 32.4 Å². The van der Waals surface area contributed by atoms with Gasteiger partial charge in [-0.05, 0) is 43.9 Å². The van der Waals surface area contributed by atoms with E-state index in [-0.39, 0.29) is 12.2 Å². The number of ether oxygens (including phenoxy) is 1. The molecule has 2 atom stereocenters. The Morgan fingerprint density at radius 1 is 1.29 bits per heavy atom. The molecule has 4 nitrogen and oxygen atoms in total. The van der Waals surface area contributed by atoms with Crippen LogP contribution in [0.1, 0.15) is 58.8 Å². The van der Waals surface area contributed by atoms with Crippen LogP contribution in [0, 0.1) is 11.8 Å². The van der Waals surface area contributed by atoms with E-state index in [1.807, 2.05) is 0 Å². The Labute approximate surface area is 129 Å². The van der Waals surface area contributed by atoms with Gasteiger partial charge in [0, 0.05) is 20.3 Å². The van der Waals surface area contributed by atoms with Crippen LogP contribution in [0.2, 0.25) is 0 Å². The monoisotopic (exact) mass is 296 g/mol. The van der Waals surface area contributed by atoms with Gasteiger partial charge in [-0.3, -0.25) is 10.1 Å². The lowest BCUT2D eigenvalue weighted by Crippen LogP contribution is -2.43. The number of carbonyl (C=O) groups is 1. The van der Waals surface area contributed by atoms with Crippen molar-refractivity contribution >= 4 is 5.91 Å². The summed E-state index contributed by atoms with van der Waals surface area (Å²) in [5.74, 6) is 1.55. The Morgan fingerprint density at radius 2 is 2.00 bits per heavy atom. The fourth-order valence-corrected chi connectivity index (χ4v) is 3.79. The minimum atomic E-state index is 0.0398. The molecule has 0 aromatic rings. The Kier molecular flexibility index (Phi) is 6.49. The van der Waals surface area contributed by atoms with Gasteiger partial charge in [0.05, 0.1) is 12.2 Å². The van der Waals surface area contributed by atoms with Crippen molar-refractivity contribution in [3.63, 3.8) is 0 Å². The predicted molar refractivity (Wildman–Crippen MR) is 84.9 cm³/mol. The van der Waals surface area contributed by atoms with E-state index < -0.39 is 0 Å². The van der Waals surface area contributed by atoms with Crippen LogP contribution in [-0.2, 0) is 9.53 Å². The molecule has 2 aliphatic rings. The number of hydrogen-bond donors (Lipinski definition) is 1. The smallest absolute Gasteiger partial charge is 0.241 e. The summed E-state index contributed by atoms with van der Waals surface area (Å²) in [5.41, 5.74) is 0. The minimum absolute atomic E-state index is 0.0398. The molecule has 4 heteroatoms. The third-order valence-corrected chi connectivity index (χ3v) is 4.84. The Balaban J connectivity index is 1.95. The highest BCUT2D eigenvalue weighted by atomic mass is 16.5. The summed E-state index contributed by atoms with van der Waals surface area (Å²) in [6.07, 6.45) is 8.50. The quantitative estimate of drug-likeness (QED) is 0.700. The van der Waals surface area contributed by atoms with Gasteiger partial charge in [-0.1, -0.05) is 26.7 Å². The molecule has 0 radical (unpaired) electrons. The number of rotatable bonds is 8. The molecule has 2 fully saturated rings. The average Bonchev–Trinajstić information content (AvgIpc) is 3.05. The summed E-state index contributed by atoms with van der Waals surface area (Å²) in [7, 11) is 1.74. The van der Waals surface area contributed by atoms with Crippen molar-refractivity contribution in [1.82, 2.24) is 10.2 Å². The molecule has 2 unspecified atom stereocenters. The third kappa shape index (κ3) is 4.43. The van der Waals surface area contributed by atoms with E-state index in [1.54, 1.807) is 7.11 Å². The molecule has 1 saturated heterocycles. The van der Waals surface area contributed by atoms with Crippen molar-refractivity contribution in [1.29, 1.82) is 0 Å². The molecule has 1 N–H and O–H groups in total. The van der Waals surface area contributed by atoms with Gasteiger partial charge in [0.25, 0.3) is 0 Å². The maximum Gasteiger partial charge on any atom is 0.241 e. The van der Waals surface area contributed by atoms with Crippen molar-refractivity contribution in [2.75, 3.05) is 20.3 Å². The zero-order valence-corrected chi connectivity index (χ0v) is 13.9. The van der Waals surface area contributed by atoms with Gasteiger partial charge in [0.1, 0.15) is 0 Å². The summed E-state index contributed by atoms with van der Waals surface area (Å²) in [5, 5.41) is 3.65. The second-order valence-electron chi connectivity index (χ2n) is 7.07. The van der Waals surface area contributed by atoms with E-state index >= 15 is 0 Å². The van der Waals surface area contributed by atoms with Gasteiger partial charge in [0.15, 0.2) is 0 Å². The number of hydrogen-bond acceptors (Lipinski definition) is 3. The average molecular weight is 296 g/mol. The molecular weight excluding hydrogens is 264 g/mol. The van der Waals surface area contributed by atoms with Gasteiger partial charge in [0.2, 0.25) is 5.91 Å². The molecule has 2 rings (SSSR count). The molecule has 0 spiro atoms. The first-order valence-corrected chi connectivity index (χ1v) is 8.69. The minimum Gasteiger partial charge on any atom is -0.385 e. The van der Waals surface area contributed by atoms with Crippen LogP contribution in [0.25, 0.3) is 0 Å². The van der Waals surface area contributed by atoms with Crippen LogP contribution in [-0.4, -0.2) is 43.3 Å². The van der Waals surface area contributed by atoms with Crippen LogP contribution in [0.5, 0.6) is 0 Å². The van der Waals surface area contributed by atoms with Crippen molar-refractivity contribution in [3.05, 3.63) is 0 Å². The summed E-state index contributed by atoms with van der Waals surface area (Å²) in [6, 6.07) is 0.0398. The van der Waals surface area contributed by atoms with Crippen LogP contribution in [0.15, 0.2) is 0 Å². The van der Waals surface area contributed by atoms with Crippen molar-refractivity contribution in [3.8, 4) is 0 Å². The number of unbranched alkanes of at least 4 members (excludes halogenated alkanes) is 1. The molecule has 21 heavy (non-hydrogen) atoms. The third-order valence-electron chi connectivity index (χ3n) is 4.84. The predicted octanol–water partition coefficient (Wildman–Crippen LogP) is 2.78.